The number of anilines is 1. The van der Waals surface area contributed by atoms with Gasteiger partial charge >= 0.3 is 6.18 Å². The quantitative estimate of drug-likeness (QED) is 0.821. The van der Waals surface area contributed by atoms with Crippen LogP contribution in [-0.2, 0) is 9.63 Å². The Hall–Kier alpha value is -2.55. The largest absolute Gasteiger partial charge is 0.434 e. The van der Waals surface area contributed by atoms with Crippen molar-refractivity contribution in [2.45, 2.75) is 44.2 Å². The summed E-state index contributed by atoms with van der Waals surface area (Å²) in [6.07, 6.45) is -1.54. The van der Waals surface area contributed by atoms with Gasteiger partial charge in [0.2, 0.25) is 6.29 Å². The van der Waals surface area contributed by atoms with Gasteiger partial charge in [-0.3, -0.25) is 9.63 Å². The molecular weight excluding hydrogens is 361 g/mol. The molecule has 1 aliphatic heterocycles. The summed E-state index contributed by atoms with van der Waals surface area (Å²) in [6.45, 7) is 0. The van der Waals surface area contributed by atoms with E-state index < -0.39 is 29.6 Å². The number of carbonyl (C=O) groups excluding carboxylic acids is 1. The number of para-hydroxylation sites is 1. The molecule has 0 radical (unpaired) electrons. The lowest BCUT2D eigenvalue weighted by Gasteiger charge is -2.35. The molecule has 1 heterocycles. The third kappa shape index (κ3) is 4.41. The van der Waals surface area contributed by atoms with Gasteiger partial charge in [-0.05, 0) is 25.0 Å². The van der Waals surface area contributed by atoms with Crippen molar-refractivity contribution in [3.05, 3.63) is 41.6 Å². The number of nitrogens with zero attached hydrogens (tertiary/aromatic N) is 2. The van der Waals surface area contributed by atoms with Crippen LogP contribution in [0.3, 0.4) is 0 Å². The summed E-state index contributed by atoms with van der Waals surface area (Å²) in [7, 11) is 1.11. The first kappa shape index (κ1) is 19.2. The van der Waals surface area contributed by atoms with E-state index in [9.17, 15) is 18.0 Å². The van der Waals surface area contributed by atoms with Crippen molar-refractivity contribution in [3.8, 4) is 0 Å². The summed E-state index contributed by atoms with van der Waals surface area (Å²) >= 11 is 0. The van der Waals surface area contributed by atoms with Crippen LogP contribution in [0.1, 0.15) is 25.7 Å². The number of aliphatic imine (C=N–C) groups is 1. The fraction of sp³-hybridized carbons (Fsp3) is 0.444. The third-order valence-electron chi connectivity index (χ3n) is 4.51. The minimum absolute atomic E-state index is 0.107. The Morgan fingerprint density at radius 3 is 2.48 bits per heavy atom. The van der Waals surface area contributed by atoms with E-state index in [4.69, 9.17) is 4.84 Å². The second-order valence-electron chi connectivity index (χ2n) is 6.39. The lowest BCUT2D eigenvalue weighted by atomic mass is 10.1. The van der Waals surface area contributed by atoms with Gasteiger partial charge in [-0.2, -0.15) is 13.2 Å². The molecule has 1 aliphatic carbocycles. The standard InChI is InChI=1S/C18H21F3N4O2/c1-27-25-15(18(19,20)21)14(16(26)23-12-9-5-6-10-12)11-22-17(25)24-13-7-3-2-4-8-13/h2-4,7-8,11-12,17,24H,5-6,9-10H2,1H3,(H,23,26). The number of hydroxylamine groups is 2. The molecule has 9 heteroatoms. The highest BCUT2D eigenvalue weighted by molar-refractivity contribution is 6.13. The molecule has 0 saturated heterocycles. The van der Waals surface area contributed by atoms with Gasteiger partial charge in [-0.15, -0.1) is 0 Å². The van der Waals surface area contributed by atoms with Gasteiger partial charge < -0.3 is 10.6 Å². The van der Waals surface area contributed by atoms with E-state index in [1.807, 2.05) is 0 Å². The number of hydrogen-bond acceptors (Lipinski definition) is 5. The van der Waals surface area contributed by atoms with Crippen molar-refractivity contribution in [2.75, 3.05) is 12.4 Å². The molecule has 1 amide bonds. The van der Waals surface area contributed by atoms with Crippen LogP contribution in [0.15, 0.2) is 46.6 Å². The molecule has 1 saturated carbocycles. The highest BCUT2D eigenvalue weighted by Gasteiger charge is 2.46. The summed E-state index contributed by atoms with van der Waals surface area (Å²) in [5, 5.41) is 6.10. The molecule has 146 valence electrons. The van der Waals surface area contributed by atoms with Gasteiger partial charge in [0.15, 0.2) is 5.70 Å². The highest BCUT2D eigenvalue weighted by atomic mass is 19.4. The molecule has 0 spiro atoms. The fourth-order valence-electron chi connectivity index (χ4n) is 3.26. The molecule has 0 aromatic heterocycles. The minimum Gasteiger partial charge on any atom is -0.349 e. The number of carbonyl (C=O) groups is 1. The molecule has 2 aliphatic rings. The predicted octanol–water partition coefficient (Wildman–Crippen LogP) is 3.21. The second-order valence-corrected chi connectivity index (χ2v) is 6.39. The number of alkyl halides is 3. The smallest absolute Gasteiger partial charge is 0.349 e. The average molecular weight is 382 g/mol. The van der Waals surface area contributed by atoms with Crippen molar-refractivity contribution in [3.63, 3.8) is 0 Å². The van der Waals surface area contributed by atoms with Crippen molar-refractivity contribution >= 4 is 17.8 Å². The summed E-state index contributed by atoms with van der Waals surface area (Å²) in [5.41, 5.74) is -1.16. The number of nitrogens with one attached hydrogen (secondary N) is 2. The van der Waals surface area contributed by atoms with Gasteiger partial charge in [0.25, 0.3) is 5.91 Å². The molecule has 0 bridgehead atoms. The summed E-state index contributed by atoms with van der Waals surface area (Å²) in [4.78, 5) is 21.5. The SMILES string of the molecule is CON1C(C(F)(F)F)=C(C(=O)NC2CCCC2)C=NC1Nc1ccccc1. The molecular formula is C18H21F3N4O2. The Morgan fingerprint density at radius 1 is 1.22 bits per heavy atom. The molecule has 1 aromatic rings. The Morgan fingerprint density at radius 2 is 1.89 bits per heavy atom. The zero-order chi connectivity index (χ0) is 19.4. The Bertz CT molecular complexity index is 728. The van der Waals surface area contributed by atoms with Gasteiger partial charge in [0.05, 0.1) is 12.7 Å². The monoisotopic (exact) mass is 382 g/mol. The first-order valence-electron chi connectivity index (χ1n) is 8.70. The summed E-state index contributed by atoms with van der Waals surface area (Å²) in [5.74, 6) is -0.793. The van der Waals surface area contributed by atoms with E-state index in [1.54, 1.807) is 30.3 Å². The zero-order valence-electron chi connectivity index (χ0n) is 14.8. The molecule has 6 nitrogen and oxygen atoms in total. The predicted molar refractivity (Wildman–Crippen MR) is 94.7 cm³/mol. The summed E-state index contributed by atoms with van der Waals surface area (Å²) in [6, 6.07) is 8.56. The van der Waals surface area contributed by atoms with Crippen molar-refractivity contribution in [1.82, 2.24) is 10.4 Å². The molecule has 1 fully saturated rings. The number of halogens is 3. The van der Waals surface area contributed by atoms with Crippen LogP contribution in [0.4, 0.5) is 18.9 Å². The number of amides is 1. The van der Waals surface area contributed by atoms with Crippen molar-refractivity contribution in [1.29, 1.82) is 0 Å². The molecule has 3 rings (SSSR count). The van der Waals surface area contributed by atoms with Crippen molar-refractivity contribution < 1.29 is 22.8 Å². The van der Waals surface area contributed by atoms with Gasteiger partial charge in [0, 0.05) is 17.9 Å². The maximum absolute atomic E-state index is 13.8. The average Bonchev–Trinajstić information content (AvgIpc) is 3.14. The van der Waals surface area contributed by atoms with E-state index in [1.165, 1.54) is 0 Å². The number of rotatable bonds is 5. The maximum Gasteiger partial charge on any atom is 0.434 e. The van der Waals surface area contributed by atoms with Crippen LogP contribution in [-0.4, -0.2) is 42.8 Å². The lowest BCUT2D eigenvalue weighted by molar-refractivity contribution is -0.195. The first-order chi connectivity index (χ1) is 12.9. The van der Waals surface area contributed by atoms with Gasteiger partial charge in [-0.25, -0.2) is 10.1 Å². The normalized spacial score (nSPS) is 20.9. The Labute approximate surface area is 155 Å². The highest BCUT2D eigenvalue weighted by Crippen LogP contribution is 2.35. The number of allylic oxidation sites excluding steroid dienone is 1. The fourth-order valence-corrected chi connectivity index (χ4v) is 3.26. The van der Waals surface area contributed by atoms with Crippen LogP contribution in [0.5, 0.6) is 0 Å². The maximum atomic E-state index is 13.8. The van der Waals surface area contributed by atoms with E-state index >= 15 is 0 Å². The minimum atomic E-state index is -4.79. The molecule has 1 atom stereocenters. The summed E-state index contributed by atoms with van der Waals surface area (Å²) < 4.78 is 41.3. The third-order valence-corrected chi connectivity index (χ3v) is 4.51. The van der Waals surface area contributed by atoms with E-state index in [-0.39, 0.29) is 6.04 Å². The van der Waals surface area contributed by atoms with Crippen LogP contribution in [0.2, 0.25) is 0 Å². The Kier molecular flexibility index (Phi) is 5.69. The lowest BCUT2D eigenvalue weighted by Crippen LogP contribution is -2.48. The molecule has 1 unspecified atom stereocenters. The first-order valence-corrected chi connectivity index (χ1v) is 8.70. The zero-order valence-corrected chi connectivity index (χ0v) is 14.8. The van der Waals surface area contributed by atoms with E-state index in [0.717, 1.165) is 39.0 Å². The number of benzene rings is 1. The molecule has 2 N–H and O–H groups in total. The van der Waals surface area contributed by atoms with Gasteiger partial charge in [0.1, 0.15) is 0 Å². The van der Waals surface area contributed by atoms with Crippen LogP contribution < -0.4 is 10.6 Å². The van der Waals surface area contributed by atoms with Crippen LogP contribution in [0, 0.1) is 0 Å². The topological polar surface area (TPSA) is 66.0 Å². The second kappa shape index (κ2) is 7.99. The Balaban J connectivity index is 1.88. The molecule has 27 heavy (non-hydrogen) atoms. The van der Waals surface area contributed by atoms with E-state index in [0.29, 0.717) is 10.8 Å². The van der Waals surface area contributed by atoms with Crippen LogP contribution >= 0.6 is 0 Å². The van der Waals surface area contributed by atoms with E-state index in [2.05, 4.69) is 15.6 Å². The van der Waals surface area contributed by atoms with Crippen molar-refractivity contribution in [2.24, 2.45) is 4.99 Å². The van der Waals surface area contributed by atoms with Gasteiger partial charge in [-0.1, -0.05) is 31.0 Å². The number of hydrogen-bond donors (Lipinski definition) is 2. The van der Waals surface area contributed by atoms with Crippen LogP contribution in [0.25, 0.3) is 0 Å². The molecule has 1 aromatic carbocycles.